The number of methoxy groups -OCH3 is 5. The van der Waals surface area contributed by atoms with Gasteiger partial charge in [0, 0.05) is 46.5 Å². The zero-order valence-corrected chi connectivity index (χ0v) is 38.1. The van der Waals surface area contributed by atoms with Gasteiger partial charge in [-0.05, 0) is 78.5 Å². The van der Waals surface area contributed by atoms with Crippen LogP contribution in [0.3, 0.4) is 0 Å². The Labute approximate surface area is 373 Å². The van der Waals surface area contributed by atoms with Gasteiger partial charge in [0.1, 0.15) is 54.2 Å². The third kappa shape index (κ3) is 16.4. The molecule has 0 fully saturated rings. The molecule has 63 heavy (non-hydrogen) atoms. The molecule has 0 saturated carbocycles. The first-order valence-corrected chi connectivity index (χ1v) is 21.7. The van der Waals surface area contributed by atoms with Gasteiger partial charge in [0.05, 0.1) is 46.8 Å². The summed E-state index contributed by atoms with van der Waals surface area (Å²) < 4.78 is 55.9. The number of allylic oxidation sites excluding steroid dienone is 4. The molecule has 0 spiro atoms. The van der Waals surface area contributed by atoms with Gasteiger partial charge in [-0.25, -0.2) is 9.59 Å². The van der Waals surface area contributed by atoms with Gasteiger partial charge >= 0.3 is 11.9 Å². The highest BCUT2D eigenvalue weighted by molar-refractivity contribution is 5.95. The van der Waals surface area contributed by atoms with Crippen molar-refractivity contribution in [2.75, 3.05) is 62.3 Å². The van der Waals surface area contributed by atoms with Crippen molar-refractivity contribution in [3.05, 3.63) is 113 Å². The average molecular weight is 877 g/mol. The van der Waals surface area contributed by atoms with E-state index >= 15 is 0 Å². The second kappa shape index (κ2) is 28.1. The fourth-order valence-electron chi connectivity index (χ4n) is 7.54. The largest absolute Gasteiger partial charge is 0.497 e. The second-order valence-electron chi connectivity index (χ2n) is 15.7. The number of hydrogen-bond acceptors (Lipinski definition) is 13. The molecular weight excluding hydrogens is 809 g/mol. The molecule has 346 valence electrons. The predicted molar refractivity (Wildman–Crippen MR) is 239 cm³/mol. The summed E-state index contributed by atoms with van der Waals surface area (Å²) in [6.07, 6.45) is 12.1. The topological polar surface area (TPSA) is 147 Å². The number of fused-ring (bicyclic) bond motifs is 2. The van der Waals surface area contributed by atoms with Crippen LogP contribution < -0.4 is 14.2 Å². The molecule has 0 saturated heterocycles. The third-order valence-corrected chi connectivity index (χ3v) is 11.2. The monoisotopic (exact) mass is 876 g/mol. The van der Waals surface area contributed by atoms with E-state index in [-0.39, 0.29) is 50.3 Å². The highest BCUT2D eigenvalue weighted by Gasteiger charge is 2.29. The van der Waals surface area contributed by atoms with Crippen LogP contribution in [0.2, 0.25) is 0 Å². The number of ether oxygens (including phenoxy) is 10. The van der Waals surface area contributed by atoms with Crippen molar-refractivity contribution in [1.29, 1.82) is 0 Å². The lowest BCUT2D eigenvalue weighted by Crippen LogP contribution is -2.32. The minimum Gasteiger partial charge on any atom is -0.497 e. The molecule has 2 aliphatic rings. The fraction of sp³-hybridized carbons (Fsp3) is 0.520. The molecule has 1 N–H and O–H groups in total. The summed E-state index contributed by atoms with van der Waals surface area (Å²) in [6, 6.07) is 18.9. The molecule has 0 radical (unpaired) electrons. The standard InChI is InChI=1S/C29H38O7.C21H30O6/c1-21-8-5-6-9-23-10-7-11-26(33-4)28(23)29(30)36-25(18-27(21)35-20-31-2)16-17-34-19-22-12-14-24(32-3)15-13-22;1-15-7-4-5-8-16-9-6-10-18(25-3)20(16)21(23)27-17(11-12-22)13-19(15)26-14-24-2/h5-7,10-15,21,25,27H,8-9,16-20H2,1-4H3;4-6,9-10,15,17,19,22H,7-8,11-14H2,1-3H3/b6-5+;5-4+/t21-,25?,27+;15-,17-,19+/m00/s1. The number of esters is 2. The van der Waals surface area contributed by atoms with Crippen LogP contribution in [-0.4, -0.2) is 104 Å². The Morgan fingerprint density at radius 3 is 1.56 bits per heavy atom. The highest BCUT2D eigenvalue weighted by atomic mass is 16.7. The van der Waals surface area contributed by atoms with Crippen LogP contribution in [0.5, 0.6) is 17.2 Å². The molecule has 6 atom stereocenters. The lowest BCUT2D eigenvalue weighted by Gasteiger charge is -2.28. The van der Waals surface area contributed by atoms with E-state index in [0.717, 1.165) is 35.3 Å². The first kappa shape index (κ1) is 50.9. The minimum absolute atomic E-state index is 0.0675. The summed E-state index contributed by atoms with van der Waals surface area (Å²) in [5.41, 5.74) is 3.70. The van der Waals surface area contributed by atoms with Gasteiger partial charge in [0.25, 0.3) is 0 Å². The molecule has 13 heteroatoms. The molecule has 1 unspecified atom stereocenters. The van der Waals surface area contributed by atoms with Gasteiger partial charge in [-0.1, -0.05) is 74.5 Å². The minimum atomic E-state index is -0.451. The fourth-order valence-corrected chi connectivity index (χ4v) is 7.54. The molecule has 3 aromatic carbocycles. The molecule has 0 aliphatic carbocycles. The van der Waals surface area contributed by atoms with E-state index in [1.807, 2.05) is 48.5 Å². The number of aliphatic hydroxyl groups excluding tert-OH is 1. The molecule has 2 aliphatic heterocycles. The van der Waals surface area contributed by atoms with Crippen molar-refractivity contribution in [2.24, 2.45) is 11.8 Å². The third-order valence-electron chi connectivity index (χ3n) is 11.2. The first-order valence-electron chi connectivity index (χ1n) is 21.7. The number of hydrogen-bond donors (Lipinski definition) is 1. The Balaban J connectivity index is 0.000000288. The van der Waals surface area contributed by atoms with Crippen LogP contribution in [-0.2, 0) is 52.6 Å². The van der Waals surface area contributed by atoms with Crippen LogP contribution in [0.25, 0.3) is 0 Å². The Hall–Kier alpha value is -4.76. The van der Waals surface area contributed by atoms with Gasteiger partial charge in [0.2, 0.25) is 0 Å². The molecule has 3 aromatic rings. The van der Waals surface area contributed by atoms with Crippen molar-refractivity contribution in [3.8, 4) is 17.2 Å². The van der Waals surface area contributed by atoms with Gasteiger partial charge in [-0.3, -0.25) is 0 Å². The zero-order valence-electron chi connectivity index (χ0n) is 38.1. The van der Waals surface area contributed by atoms with Crippen LogP contribution in [0.15, 0.2) is 85.0 Å². The normalized spacial score (nSPS) is 22.9. The SMILES string of the molecule is COCO[C@@H]1CC(CCOCc2ccc(OC)cc2)OC(=O)c2c(cccc2OC)C/C=C/C[C@@H]1C.COCO[C@@H]1C[C@H](CCO)OC(=O)c2c(cccc2OC)C/C=C/C[C@@H]1C. The number of rotatable bonds is 16. The van der Waals surface area contributed by atoms with Crippen LogP contribution in [0.4, 0.5) is 0 Å². The highest BCUT2D eigenvalue weighted by Crippen LogP contribution is 2.30. The number of aliphatic hydroxyl groups is 1. The lowest BCUT2D eigenvalue weighted by molar-refractivity contribution is -0.104. The molecule has 13 nitrogen and oxygen atoms in total. The van der Waals surface area contributed by atoms with E-state index in [1.54, 1.807) is 40.6 Å². The Bertz CT molecular complexity index is 1860. The summed E-state index contributed by atoms with van der Waals surface area (Å²) in [4.78, 5) is 26.3. The summed E-state index contributed by atoms with van der Waals surface area (Å²) >= 11 is 0. The van der Waals surface area contributed by atoms with E-state index in [0.29, 0.717) is 74.4 Å². The Morgan fingerprint density at radius 1 is 0.619 bits per heavy atom. The quantitative estimate of drug-likeness (QED) is 0.0636. The summed E-state index contributed by atoms with van der Waals surface area (Å²) in [5, 5.41) is 9.42. The maximum atomic E-state index is 13.4. The van der Waals surface area contributed by atoms with Gasteiger partial charge < -0.3 is 52.5 Å². The van der Waals surface area contributed by atoms with E-state index in [9.17, 15) is 14.7 Å². The van der Waals surface area contributed by atoms with Crippen LogP contribution in [0, 0.1) is 11.8 Å². The van der Waals surface area contributed by atoms with Gasteiger partial charge in [0.15, 0.2) is 0 Å². The summed E-state index contributed by atoms with van der Waals surface area (Å²) in [5.74, 6) is 1.43. The molecule has 2 heterocycles. The molecule has 5 rings (SSSR count). The molecule has 0 amide bonds. The first-order chi connectivity index (χ1) is 30.6. The molecular formula is C50H68O13. The number of carbonyl (C=O) groups is 2. The molecule has 0 aromatic heterocycles. The van der Waals surface area contributed by atoms with E-state index < -0.39 is 18.0 Å². The zero-order chi connectivity index (χ0) is 45.4. The Kier molecular flexibility index (Phi) is 22.7. The maximum Gasteiger partial charge on any atom is 0.342 e. The number of cyclic esters (lactones) is 2. The van der Waals surface area contributed by atoms with Gasteiger partial charge in [-0.2, -0.15) is 0 Å². The smallest absolute Gasteiger partial charge is 0.342 e. The van der Waals surface area contributed by atoms with Crippen molar-refractivity contribution in [1.82, 2.24) is 0 Å². The van der Waals surface area contributed by atoms with Crippen molar-refractivity contribution >= 4 is 11.9 Å². The summed E-state index contributed by atoms with van der Waals surface area (Å²) in [7, 11) is 7.93. The van der Waals surface area contributed by atoms with Crippen LogP contribution in [0.1, 0.15) is 89.8 Å². The lowest BCUT2D eigenvalue weighted by atomic mass is 9.93. The Morgan fingerprint density at radius 2 is 1.11 bits per heavy atom. The summed E-state index contributed by atoms with van der Waals surface area (Å²) in [6.45, 7) is 5.44. The number of carbonyl (C=O) groups excluding carboxylic acids is 2. The number of benzene rings is 3. The molecule has 0 bridgehead atoms. The van der Waals surface area contributed by atoms with E-state index in [2.05, 4.69) is 38.2 Å². The predicted octanol–water partition coefficient (Wildman–Crippen LogP) is 8.47. The van der Waals surface area contributed by atoms with Crippen LogP contribution >= 0.6 is 0 Å². The van der Waals surface area contributed by atoms with Crippen molar-refractivity contribution < 1.29 is 62.1 Å². The second-order valence-corrected chi connectivity index (χ2v) is 15.7. The van der Waals surface area contributed by atoms with Gasteiger partial charge in [-0.15, -0.1) is 0 Å². The van der Waals surface area contributed by atoms with Crippen molar-refractivity contribution in [2.45, 2.75) is 96.2 Å². The van der Waals surface area contributed by atoms with E-state index in [1.165, 1.54) is 7.11 Å². The maximum absolute atomic E-state index is 13.4. The van der Waals surface area contributed by atoms with Crippen molar-refractivity contribution in [3.63, 3.8) is 0 Å². The average Bonchev–Trinajstić information content (AvgIpc) is 3.29. The van der Waals surface area contributed by atoms with E-state index in [4.69, 9.17) is 47.4 Å².